The molecule has 0 saturated carbocycles. The number of nitrogens with one attached hydrogen (secondary N) is 1. The molecule has 0 heterocycles. The largest absolute Gasteiger partial charge is 0.376 e. The van der Waals surface area contributed by atoms with Crippen molar-refractivity contribution in [1.82, 2.24) is 0 Å². The van der Waals surface area contributed by atoms with Crippen molar-refractivity contribution < 1.29 is 4.74 Å². The summed E-state index contributed by atoms with van der Waals surface area (Å²) in [4.78, 5) is 7.50. The van der Waals surface area contributed by atoms with Crippen LogP contribution < -0.4 is 0 Å². The van der Waals surface area contributed by atoms with Gasteiger partial charge in [0.1, 0.15) is 0 Å². The lowest BCUT2D eigenvalue weighted by atomic mass is 10.4. The molecule has 0 unspecified atom stereocenters. The lowest BCUT2D eigenvalue weighted by Crippen LogP contribution is -2.09. The minimum Gasteiger partial charge on any atom is -0.376 e. The molecule has 0 aliphatic rings. The van der Waals surface area contributed by atoms with Gasteiger partial charge in [0.25, 0.3) is 0 Å². The van der Waals surface area contributed by atoms with Crippen LogP contribution in [0.5, 0.6) is 0 Å². The molecule has 0 amide bonds. The van der Waals surface area contributed by atoms with Crippen LogP contribution in [-0.4, -0.2) is 12.2 Å². The van der Waals surface area contributed by atoms with Crippen molar-refractivity contribution in [2.45, 2.75) is 39.9 Å². The van der Waals surface area contributed by atoms with Crippen LogP contribution in [0, 0.1) is 10.5 Å². The highest BCUT2D eigenvalue weighted by Crippen LogP contribution is 1.93. The molecule has 3 nitrogen and oxygen atoms in total. The Hall–Kier alpha value is -0.440. The van der Waals surface area contributed by atoms with E-state index in [1.807, 2.05) is 27.7 Å². The number of hydrogen-bond acceptors (Lipinski definition) is 3. The maximum absolute atomic E-state index is 7.50. The first-order chi connectivity index (χ1) is 4.13. The predicted molar refractivity (Wildman–Crippen MR) is 37.4 cm³/mol. The molecule has 0 aromatic heterocycles. The molecule has 0 aromatic rings. The van der Waals surface area contributed by atoms with Crippen molar-refractivity contribution in [2.75, 3.05) is 0 Å². The molecule has 56 valence electrons. The summed E-state index contributed by atoms with van der Waals surface area (Å²) < 4.78 is 5.25. The molecule has 0 rings (SSSR count). The van der Waals surface area contributed by atoms with E-state index in [0.29, 0.717) is 12.2 Å². The Balaban J connectivity index is 0. The summed E-state index contributed by atoms with van der Waals surface area (Å²) in [6.07, 6.45) is 0.750. The molecule has 9 heavy (non-hydrogen) atoms. The fourth-order valence-corrected chi connectivity index (χ4v) is 0.544. The quantitative estimate of drug-likeness (QED) is 0.587. The highest BCUT2D eigenvalue weighted by Gasteiger charge is 1.94. The predicted octanol–water partition coefficient (Wildman–Crippen LogP) is 2.15. The third-order valence-electron chi connectivity index (χ3n) is 0.544. The van der Waals surface area contributed by atoms with Crippen molar-refractivity contribution in [3.8, 4) is 0 Å². The Labute approximate surface area is 56.2 Å². The fourth-order valence-electron chi connectivity index (χ4n) is 0.544. The molecule has 0 spiro atoms. The van der Waals surface area contributed by atoms with Crippen molar-refractivity contribution >= 4 is 0 Å². The van der Waals surface area contributed by atoms with Crippen molar-refractivity contribution in [3.63, 3.8) is 0 Å². The number of ether oxygens (including phenoxy) is 1. The Kier molecular flexibility index (Phi) is 9.55. The van der Waals surface area contributed by atoms with Crippen LogP contribution in [0.25, 0.3) is 0 Å². The highest BCUT2D eigenvalue weighted by atomic mass is 16.5. The summed E-state index contributed by atoms with van der Waals surface area (Å²) in [7, 11) is 0. The van der Waals surface area contributed by atoms with Crippen LogP contribution in [0.3, 0.4) is 0 Å². The van der Waals surface area contributed by atoms with Gasteiger partial charge in [-0.15, -0.1) is 0 Å². The summed E-state index contributed by atoms with van der Waals surface area (Å²) in [5, 5.41) is 0. The van der Waals surface area contributed by atoms with E-state index in [2.05, 4.69) is 5.59 Å². The first-order valence-electron chi connectivity index (χ1n) is 2.98. The summed E-state index contributed by atoms with van der Waals surface area (Å²) in [6.45, 7) is 8.17. The van der Waals surface area contributed by atoms with Crippen LogP contribution in [0.1, 0.15) is 27.7 Å². The van der Waals surface area contributed by atoms with Gasteiger partial charge in [-0.25, -0.2) is 0 Å². The fraction of sp³-hybridized carbons (Fsp3) is 1.00. The average Bonchev–Trinajstić information content (AvgIpc) is 1.68. The second-order valence-electron chi connectivity index (χ2n) is 2.23. The highest BCUT2D eigenvalue weighted by molar-refractivity contribution is 4.40. The zero-order chi connectivity index (χ0) is 7.86. The van der Waals surface area contributed by atoms with Gasteiger partial charge in [-0.05, 0) is 27.7 Å². The van der Waals surface area contributed by atoms with E-state index in [0.717, 1.165) is 0 Å². The lowest BCUT2D eigenvalue weighted by molar-refractivity contribution is 0.0300. The van der Waals surface area contributed by atoms with Crippen LogP contribution >= 0.6 is 0 Å². The Morgan fingerprint density at radius 1 is 1.00 bits per heavy atom. The molecule has 3 heteroatoms. The second kappa shape index (κ2) is 7.56. The van der Waals surface area contributed by atoms with Gasteiger partial charge in [-0.3, -0.25) is 0 Å². The Morgan fingerprint density at radius 2 is 1.22 bits per heavy atom. The summed E-state index contributed by atoms with van der Waals surface area (Å²) in [5.74, 6) is 0. The van der Waals surface area contributed by atoms with E-state index in [1.165, 1.54) is 0 Å². The molecule has 0 bridgehead atoms. The van der Waals surface area contributed by atoms with E-state index in [4.69, 9.17) is 9.64 Å². The SMILES string of the molecule is CC(C)OC(C)C.N=O. The second-order valence-corrected chi connectivity index (χ2v) is 2.23. The van der Waals surface area contributed by atoms with Gasteiger partial charge < -0.3 is 4.74 Å². The minimum atomic E-state index is 0.375. The monoisotopic (exact) mass is 133 g/mol. The molecule has 0 aliphatic heterocycles. The van der Waals surface area contributed by atoms with Crippen LogP contribution in [0.2, 0.25) is 0 Å². The van der Waals surface area contributed by atoms with E-state index < -0.39 is 0 Å². The summed E-state index contributed by atoms with van der Waals surface area (Å²) in [6, 6.07) is 0. The van der Waals surface area contributed by atoms with Gasteiger partial charge in [0.05, 0.1) is 12.2 Å². The van der Waals surface area contributed by atoms with Gasteiger partial charge in [0, 0.05) is 0 Å². The standard InChI is InChI=1S/C6H14O.HNO/c1-5(2)7-6(3)4;1-2/h5-6H,1-4H3;1H. The molecular formula is C6H15NO2. The third-order valence-corrected chi connectivity index (χ3v) is 0.544. The molecular weight excluding hydrogens is 118 g/mol. The van der Waals surface area contributed by atoms with Gasteiger partial charge in [0.15, 0.2) is 0 Å². The van der Waals surface area contributed by atoms with Crippen molar-refractivity contribution in [1.29, 1.82) is 5.59 Å². The van der Waals surface area contributed by atoms with Crippen LogP contribution in [0.15, 0.2) is 0 Å². The zero-order valence-electron chi connectivity index (χ0n) is 6.47. The zero-order valence-corrected chi connectivity index (χ0v) is 6.47. The Morgan fingerprint density at radius 3 is 1.22 bits per heavy atom. The first kappa shape index (κ1) is 11.4. The molecule has 0 saturated heterocycles. The molecule has 0 aromatic carbocycles. The minimum absolute atomic E-state index is 0.375. The number of nitroso groups, excluding NO2 is 1. The van der Waals surface area contributed by atoms with E-state index in [-0.39, 0.29) is 0 Å². The van der Waals surface area contributed by atoms with Gasteiger partial charge in [-0.1, -0.05) is 5.59 Å². The molecule has 0 fully saturated rings. The average molecular weight is 133 g/mol. The molecule has 0 atom stereocenters. The normalized spacial score (nSPS) is 9.11. The van der Waals surface area contributed by atoms with Crippen LogP contribution in [0.4, 0.5) is 0 Å². The third kappa shape index (κ3) is 18.4. The number of rotatable bonds is 2. The smallest absolute Gasteiger partial charge is 0.0522 e. The van der Waals surface area contributed by atoms with Gasteiger partial charge in [0.2, 0.25) is 0 Å². The van der Waals surface area contributed by atoms with E-state index in [9.17, 15) is 0 Å². The maximum Gasteiger partial charge on any atom is 0.0522 e. The summed E-state index contributed by atoms with van der Waals surface area (Å²) >= 11 is 0. The maximum atomic E-state index is 7.50. The molecule has 0 radical (unpaired) electrons. The van der Waals surface area contributed by atoms with Crippen molar-refractivity contribution in [3.05, 3.63) is 4.91 Å². The van der Waals surface area contributed by atoms with Crippen molar-refractivity contribution in [2.24, 2.45) is 0 Å². The molecule has 1 N–H and O–H groups in total. The Bertz CT molecular complexity index is 49.0. The van der Waals surface area contributed by atoms with Gasteiger partial charge in [-0.2, -0.15) is 4.91 Å². The topological polar surface area (TPSA) is 50.1 Å². The van der Waals surface area contributed by atoms with E-state index in [1.54, 1.807) is 0 Å². The number of hydrogen-bond donors (Lipinski definition) is 1. The van der Waals surface area contributed by atoms with Crippen LogP contribution in [-0.2, 0) is 4.74 Å². The van der Waals surface area contributed by atoms with Gasteiger partial charge >= 0.3 is 0 Å². The van der Waals surface area contributed by atoms with E-state index >= 15 is 0 Å². The lowest BCUT2D eigenvalue weighted by Gasteiger charge is -2.09. The first-order valence-corrected chi connectivity index (χ1v) is 2.98. The molecule has 0 aliphatic carbocycles. The summed E-state index contributed by atoms with van der Waals surface area (Å²) in [5.41, 5.74) is 4.50.